The van der Waals surface area contributed by atoms with Crippen molar-refractivity contribution in [3.8, 4) is 0 Å². The Hall–Kier alpha value is -2.05. The highest BCUT2D eigenvalue weighted by molar-refractivity contribution is 7.89. The summed E-state index contributed by atoms with van der Waals surface area (Å²) in [5.74, 6) is 0. The average Bonchev–Trinajstić information content (AvgIpc) is 2.37. The molecule has 5 N–H and O–H groups in total. The van der Waals surface area contributed by atoms with E-state index in [-0.39, 0.29) is 4.90 Å². The number of nitrogen functional groups attached to an aromatic ring is 1. The van der Waals surface area contributed by atoms with Crippen LogP contribution in [0.5, 0.6) is 0 Å². The van der Waals surface area contributed by atoms with Crippen LogP contribution < -0.4 is 16.2 Å². The number of hydrogen-bond acceptors (Lipinski definition) is 4. The van der Waals surface area contributed by atoms with E-state index in [4.69, 9.17) is 10.9 Å². The number of hydrogen-bond donors (Lipinski definition) is 3. The van der Waals surface area contributed by atoms with Gasteiger partial charge in [-0.3, -0.25) is 0 Å². The standard InChI is InChI=1S/C13H15N3O2S/c14-11-3-1-10(2-4-11)9-16-12-5-7-13(8-6-12)19(15,17)18/h1-8,16H,9,14H2,(H2,15,17,18). The maximum absolute atomic E-state index is 11.1. The Morgan fingerprint density at radius 2 is 1.53 bits per heavy atom. The summed E-state index contributed by atoms with van der Waals surface area (Å²) in [7, 11) is -3.63. The Bertz CT molecular complexity index is 649. The molecule has 0 unspecified atom stereocenters. The van der Waals surface area contributed by atoms with E-state index in [0.717, 1.165) is 16.9 Å². The molecule has 0 aromatic heterocycles. The Morgan fingerprint density at radius 3 is 2.05 bits per heavy atom. The molecule has 100 valence electrons. The van der Waals surface area contributed by atoms with E-state index in [1.807, 2.05) is 24.3 Å². The van der Waals surface area contributed by atoms with Crippen LogP contribution in [0.3, 0.4) is 0 Å². The molecule has 0 aliphatic rings. The predicted molar refractivity (Wildman–Crippen MR) is 76.0 cm³/mol. The van der Waals surface area contributed by atoms with Crippen LogP contribution in [0.15, 0.2) is 53.4 Å². The normalized spacial score (nSPS) is 11.2. The van der Waals surface area contributed by atoms with Crippen LogP contribution in [0.1, 0.15) is 5.56 Å². The summed E-state index contributed by atoms with van der Waals surface area (Å²) in [5.41, 5.74) is 8.24. The van der Waals surface area contributed by atoms with Crippen LogP contribution in [0.25, 0.3) is 0 Å². The minimum absolute atomic E-state index is 0.102. The fourth-order valence-electron chi connectivity index (χ4n) is 1.60. The number of rotatable bonds is 4. The summed E-state index contributed by atoms with van der Waals surface area (Å²) in [5, 5.41) is 8.21. The third kappa shape index (κ3) is 3.70. The lowest BCUT2D eigenvalue weighted by atomic mass is 10.2. The Balaban J connectivity index is 2.02. The molecule has 0 amide bonds. The third-order valence-electron chi connectivity index (χ3n) is 2.66. The van der Waals surface area contributed by atoms with Gasteiger partial charge in [0.2, 0.25) is 10.0 Å². The number of nitrogens with two attached hydrogens (primary N) is 2. The summed E-state index contributed by atoms with van der Waals surface area (Å²) in [6.07, 6.45) is 0. The zero-order valence-electron chi connectivity index (χ0n) is 10.2. The van der Waals surface area contributed by atoms with Crippen LogP contribution in [0, 0.1) is 0 Å². The molecule has 0 radical (unpaired) electrons. The van der Waals surface area contributed by atoms with Crippen LogP contribution in [0.4, 0.5) is 11.4 Å². The highest BCUT2D eigenvalue weighted by atomic mass is 32.2. The second-order valence-corrected chi connectivity index (χ2v) is 5.73. The van der Waals surface area contributed by atoms with Gasteiger partial charge < -0.3 is 11.1 Å². The van der Waals surface area contributed by atoms with Gasteiger partial charge in [0, 0.05) is 17.9 Å². The van der Waals surface area contributed by atoms with Crippen molar-refractivity contribution < 1.29 is 8.42 Å². The summed E-state index contributed by atoms with van der Waals surface area (Å²) >= 11 is 0. The number of sulfonamides is 1. The van der Waals surface area contributed by atoms with Crippen LogP contribution in [0.2, 0.25) is 0 Å². The van der Waals surface area contributed by atoms with Gasteiger partial charge in [0.1, 0.15) is 0 Å². The summed E-state index contributed by atoms with van der Waals surface area (Å²) in [6, 6.07) is 13.8. The van der Waals surface area contributed by atoms with Gasteiger partial charge in [0.05, 0.1) is 4.90 Å². The zero-order chi connectivity index (χ0) is 13.9. The highest BCUT2D eigenvalue weighted by Crippen LogP contribution is 2.14. The fraction of sp³-hybridized carbons (Fsp3) is 0.0769. The van der Waals surface area contributed by atoms with Gasteiger partial charge in [-0.05, 0) is 42.0 Å². The average molecular weight is 277 g/mol. The first-order valence-corrected chi connectivity index (χ1v) is 7.21. The van der Waals surface area contributed by atoms with Crippen molar-refractivity contribution in [1.29, 1.82) is 0 Å². The first-order chi connectivity index (χ1) is 8.95. The van der Waals surface area contributed by atoms with Crippen LogP contribution in [-0.2, 0) is 16.6 Å². The van der Waals surface area contributed by atoms with E-state index in [9.17, 15) is 8.42 Å². The maximum atomic E-state index is 11.1. The molecule has 2 aromatic carbocycles. The molecule has 0 bridgehead atoms. The quantitative estimate of drug-likeness (QED) is 0.738. The molecule has 5 nitrogen and oxygen atoms in total. The zero-order valence-corrected chi connectivity index (χ0v) is 11.0. The van der Waals surface area contributed by atoms with E-state index in [2.05, 4.69) is 5.32 Å². The van der Waals surface area contributed by atoms with Gasteiger partial charge in [-0.2, -0.15) is 0 Å². The lowest BCUT2D eigenvalue weighted by molar-refractivity contribution is 0.598. The molecule has 6 heteroatoms. The first-order valence-electron chi connectivity index (χ1n) is 5.66. The Labute approximate surface area is 112 Å². The Morgan fingerprint density at radius 1 is 0.947 bits per heavy atom. The SMILES string of the molecule is Nc1ccc(CNc2ccc(S(N)(=O)=O)cc2)cc1. The van der Waals surface area contributed by atoms with Gasteiger partial charge >= 0.3 is 0 Å². The summed E-state index contributed by atoms with van der Waals surface area (Å²) < 4.78 is 22.2. The van der Waals surface area contributed by atoms with Gasteiger partial charge in [0.25, 0.3) is 0 Å². The molecule has 2 aromatic rings. The molecule has 0 saturated carbocycles. The maximum Gasteiger partial charge on any atom is 0.238 e. The van der Waals surface area contributed by atoms with E-state index in [1.165, 1.54) is 12.1 Å². The minimum atomic E-state index is -3.63. The first kappa shape index (κ1) is 13.4. The van der Waals surface area contributed by atoms with Gasteiger partial charge in [-0.1, -0.05) is 12.1 Å². The molecule has 0 atom stereocenters. The topological polar surface area (TPSA) is 98.2 Å². The summed E-state index contributed by atoms with van der Waals surface area (Å²) in [6.45, 7) is 0.634. The highest BCUT2D eigenvalue weighted by Gasteiger charge is 2.06. The van der Waals surface area contributed by atoms with Gasteiger partial charge in [-0.15, -0.1) is 0 Å². The molecular formula is C13H15N3O2S. The molecular weight excluding hydrogens is 262 g/mol. The monoisotopic (exact) mass is 277 g/mol. The number of anilines is 2. The van der Waals surface area contributed by atoms with Crippen molar-refractivity contribution in [2.45, 2.75) is 11.4 Å². The second-order valence-electron chi connectivity index (χ2n) is 4.16. The van der Waals surface area contributed by atoms with E-state index in [1.54, 1.807) is 12.1 Å². The van der Waals surface area contributed by atoms with Gasteiger partial charge in [0.15, 0.2) is 0 Å². The number of nitrogens with one attached hydrogen (secondary N) is 1. The number of primary sulfonamides is 1. The molecule has 0 saturated heterocycles. The molecule has 19 heavy (non-hydrogen) atoms. The fourth-order valence-corrected chi connectivity index (χ4v) is 2.12. The van der Waals surface area contributed by atoms with E-state index < -0.39 is 10.0 Å². The Kier molecular flexibility index (Phi) is 3.73. The van der Waals surface area contributed by atoms with Crippen LogP contribution in [-0.4, -0.2) is 8.42 Å². The molecule has 2 rings (SSSR count). The summed E-state index contributed by atoms with van der Waals surface area (Å²) in [4.78, 5) is 0.102. The van der Waals surface area contributed by atoms with Crippen molar-refractivity contribution in [1.82, 2.24) is 0 Å². The van der Waals surface area contributed by atoms with E-state index >= 15 is 0 Å². The molecule has 0 spiro atoms. The third-order valence-corrected chi connectivity index (χ3v) is 3.59. The van der Waals surface area contributed by atoms with Crippen molar-refractivity contribution in [3.63, 3.8) is 0 Å². The largest absolute Gasteiger partial charge is 0.399 e. The predicted octanol–water partition coefficient (Wildman–Crippen LogP) is 1.53. The second kappa shape index (κ2) is 5.29. The molecule has 0 fully saturated rings. The molecule has 0 aliphatic heterocycles. The lowest BCUT2D eigenvalue weighted by Gasteiger charge is -2.07. The van der Waals surface area contributed by atoms with Crippen molar-refractivity contribution in [3.05, 3.63) is 54.1 Å². The number of benzene rings is 2. The lowest BCUT2D eigenvalue weighted by Crippen LogP contribution is -2.12. The molecule has 0 aliphatic carbocycles. The van der Waals surface area contributed by atoms with Crippen molar-refractivity contribution >= 4 is 21.4 Å². The van der Waals surface area contributed by atoms with Gasteiger partial charge in [-0.25, -0.2) is 13.6 Å². The van der Waals surface area contributed by atoms with E-state index in [0.29, 0.717) is 6.54 Å². The minimum Gasteiger partial charge on any atom is -0.399 e. The molecule has 0 heterocycles. The van der Waals surface area contributed by atoms with Crippen LogP contribution >= 0.6 is 0 Å². The smallest absolute Gasteiger partial charge is 0.238 e. The van der Waals surface area contributed by atoms with Crippen molar-refractivity contribution in [2.24, 2.45) is 5.14 Å². The van der Waals surface area contributed by atoms with Crippen molar-refractivity contribution in [2.75, 3.05) is 11.1 Å².